The molecule has 2 saturated heterocycles. The van der Waals surface area contributed by atoms with E-state index in [1.165, 1.54) is 0 Å². The molecule has 0 bridgehead atoms. The summed E-state index contributed by atoms with van der Waals surface area (Å²) >= 11 is 6.74. The van der Waals surface area contributed by atoms with Crippen LogP contribution in [-0.2, 0) is 4.74 Å². The van der Waals surface area contributed by atoms with Crippen molar-refractivity contribution in [2.45, 2.75) is 44.8 Å². The van der Waals surface area contributed by atoms with Crippen molar-refractivity contribution in [3.63, 3.8) is 0 Å². The van der Waals surface area contributed by atoms with Gasteiger partial charge in [0, 0.05) is 36.1 Å². The van der Waals surface area contributed by atoms with Crippen molar-refractivity contribution in [3.8, 4) is 5.82 Å². The van der Waals surface area contributed by atoms with E-state index in [9.17, 15) is 10.2 Å². The van der Waals surface area contributed by atoms with Gasteiger partial charge in [-0.25, -0.2) is 14.6 Å². The van der Waals surface area contributed by atoms with Crippen molar-refractivity contribution in [3.05, 3.63) is 40.8 Å². The first-order valence-corrected chi connectivity index (χ1v) is 12.7. The van der Waals surface area contributed by atoms with E-state index in [2.05, 4.69) is 30.9 Å². The molecule has 3 aromatic rings. The molecule has 188 valence electrons. The quantitative estimate of drug-likeness (QED) is 0.532. The van der Waals surface area contributed by atoms with Crippen LogP contribution >= 0.6 is 11.6 Å². The van der Waals surface area contributed by atoms with E-state index in [4.69, 9.17) is 16.3 Å². The molecule has 2 fully saturated rings. The highest BCUT2D eigenvalue weighted by atomic mass is 35.5. The monoisotopic (exact) mass is 500 g/mol. The topological polar surface area (TPSA) is 99.8 Å². The normalized spacial score (nSPS) is 21.1. The number of aromatic nitrogens is 4. The number of aliphatic hydroxyl groups is 2. The number of hydrogen-bond acceptors (Lipinski definition) is 8. The highest BCUT2D eigenvalue weighted by Crippen LogP contribution is 2.36. The van der Waals surface area contributed by atoms with E-state index in [0.717, 1.165) is 53.2 Å². The zero-order valence-corrected chi connectivity index (χ0v) is 21.0. The molecule has 4 heterocycles. The highest BCUT2D eigenvalue weighted by Gasteiger charge is 2.25. The van der Waals surface area contributed by atoms with E-state index in [-0.39, 0.29) is 18.8 Å². The average molecular weight is 501 g/mol. The first-order valence-electron chi connectivity index (χ1n) is 12.3. The molecule has 0 radical (unpaired) electrons. The van der Waals surface area contributed by atoms with Crippen LogP contribution in [0, 0.1) is 6.92 Å². The van der Waals surface area contributed by atoms with E-state index < -0.39 is 0 Å². The van der Waals surface area contributed by atoms with Crippen LogP contribution in [0.25, 0.3) is 16.7 Å². The number of anilines is 1. The Morgan fingerprint density at radius 1 is 1.14 bits per heavy atom. The first-order chi connectivity index (χ1) is 16.9. The molecule has 0 spiro atoms. The Balaban J connectivity index is 1.44. The molecule has 9 nitrogen and oxygen atoms in total. The van der Waals surface area contributed by atoms with E-state index in [0.29, 0.717) is 43.8 Å². The van der Waals surface area contributed by atoms with Gasteiger partial charge in [-0.05, 0) is 63.4 Å². The minimum atomic E-state index is -0.311. The fraction of sp³-hybridized carbons (Fsp3) is 0.560. The number of β-amino-alcohol motifs (C(OH)–C–C–N with tert-alkyl or cyclic N) is 1. The molecular weight excluding hydrogens is 468 g/mol. The van der Waals surface area contributed by atoms with Gasteiger partial charge >= 0.3 is 0 Å². The van der Waals surface area contributed by atoms with Gasteiger partial charge < -0.3 is 24.7 Å². The Morgan fingerprint density at radius 2 is 1.91 bits per heavy atom. The Labute approximate surface area is 210 Å². The predicted octanol–water partition coefficient (Wildman–Crippen LogP) is 2.54. The Morgan fingerprint density at radius 3 is 2.66 bits per heavy atom. The van der Waals surface area contributed by atoms with Crippen molar-refractivity contribution in [2.75, 3.05) is 50.8 Å². The highest BCUT2D eigenvalue weighted by molar-refractivity contribution is 6.32. The van der Waals surface area contributed by atoms with Gasteiger partial charge in [-0.1, -0.05) is 11.6 Å². The van der Waals surface area contributed by atoms with E-state index in [1.807, 2.05) is 36.9 Å². The van der Waals surface area contributed by atoms with Crippen LogP contribution in [-0.4, -0.2) is 93.0 Å². The van der Waals surface area contributed by atoms with Crippen molar-refractivity contribution >= 4 is 28.3 Å². The van der Waals surface area contributed by atoms with Gasteiger partial charge in [0.2, 0.25) is 0 Å². The predicted molar refractivity (Wildman–Crippen MR) is 136 cm³/mol. The number of nitrogens with zero attached hydrogens (tertiary/aromatic N) is 6. The Bertz CT molecular complexity index is 1180. The molecule has 2 aliphatic heterocycles. The minimum Gasteiger partial charge on any atom is -0.394 e. The van der Waals surface area contributed by atoms with Crippen LogP contribution < -0.4 is 4.90 Å². The number of likely N-dealkylation sites (tertiary alicyclic amines) is 1. The molecule has 1 aromatic carbocycles. The number of fused-ring (bicyclic) bond motifs is 1. The van der Waals surface area contributed by atoms with Crippen LogP contribution in [0.15, 0.2) is 24.4 Å². The number of hydrogen-bond donors (Lipinski definition) is 2. The maximum absolute atomic E-state index is 9.71. The van der Waals surface area contributed by atoms with Gasteiger partial charge in [-0.15, -0.1) is 0 Å². The molecule has 2 aliphatic rings. The lowest BCUT2D eigenvalue weighted by Gasteiger charge is -2.33. The molecule has 2 N–H and O–H groups in total. The lowest BCUT2D eigenvalue weighted by atomic mass is 9.89. The standard InChI is InChI=1S/C25H33ClN6O3/c1-16(34)13-30-5-3-18(4-6-30)21-10-23-19(9-22(21)26)12-27-32(23)25-11-24(28-17(2)29-25)31-7-8-35-20(14-31)15-33/h9-12,16,18,20,33-34H,3-8,13-15H2,1-2H3/t16?,20-/m1/s1. The second-order valence-electron chi connectivity index (χ2n) is 9.67. The van der Waals surface area contributed by atoms with Crippen molar-refractivity contribution in [2.24, 2.45) is 0 Å². The number of halogens is 1. The molecule has 0 saturated carbocycles. The summed E-state index contributed by atoms with van der Waals surface area (Å²) in [5.74, 6) is 2.53. The second-order valence-corrected chi connectivity index (χ2v) is 10.1. The molecule has 35 heavy (non-hydrogen) atoms. The number of morpholine rings is 1. The largest absolute Gasteiger partial charge is 0.394 e. The van der Waals surface area contributed by atoms with Gasteiger partial charge in [0.15, 0.2) is 5.82 Å². The molecule has 5 rings (SSSR count). The van der Waals surface area contributed by atoms with Crippen molar-refractivity contribution < 1.29 is 14.9 Å². The smallest absolute Gasteiger partial charge is 0.159 e. The van der Waals surface area contributed by atoms with E-state index in [1.54, 1.807) is 0 Å². The van der Waals surface area contributed by atoms with Crippen LogP contribution in [0.5, 0.6) is 0 Å². The summed E-state index contributed by atoms with van der Waals surface area (Å²) in [7, 11) is 0. The fourth-order valence-electron chi connectivity index (χ4n) is 5.20. The molecule has 2 atom stereocenters. The van der Waals surface area contributed by atoms with Gasteiger partial charge in [-0.3, -0.25) is 0 Å². The molecule has 0 aliphatic carbocycles. The number of rotatable bonds is 6. The lowest BCUT2D eigenvalue weighted by molar-refractivity contribution is 0.00335. The lowest BCUT2D eigenvalue weighted by Crippen LogP contribution is -2.44. The number of benzene rings is 1. The molecule has 1 unspecified atom stereocenters. The molecular formula is C25H33ClN6O3. The second kappa shape index (κ2) is 10.4. The third-order valence-electron chi connectivity index (χ3n) is 6.93. The van der Waals surface area contributed by atoms with Crippen molar-refractivity contribution in [1.82, 2.24) is 24.6 Å². The van der Waals surface area contributed by atoms with Crippen LogP contribution in [0.2, 0.25) is 5.02 Å². The van der Waals surface area contributed by atoms with Crippen LogP contribution in [0.3, 0.4) is 0 Å². The summed E-state index contributed by atoms with van der Waals surface area (Å²) in [4.78, 5) is 13.8. The Kier molecular flexibility index (Phi) is 7.22. The molecule has 0 amide bonds. The van der Waals surface area contributed by atoms with E-state index >= 15 is 0 Å². The number of aliphatic hydroxyl groups excluding tert-OH is 2. The van der Waals surface area contributed by atoms with Crippen LogP contribution in [0.1, 0.15) is 37.1 Å². The number of aryl methyl sites for hydroxylation is 1. The average Bonchev–Trinajstić information content (AvgIpc) is 3.26. The summed E-state index contributed by atoms with van der Waals surface area (Å²) in [6.45, 7) is 8.15. The maximum Gasteiger partial charge on any atom is 0.159 e. The molecule has 2 aromatic heterocycles. The summed E-state index contributed by atoms with van der Waals surface area (Å²) in [6.07, 6.45) is 3.31. The number of ether oxygens (including phenoxy) is 1. The minimum absolute atomic E-state index is 0.0152. The van der Waals surface area contributed by atoms with Gasteiger partial charge in [0.25, 0.3) is 0 Å². The fourth-order valence-corrected chi connectivity index (χ4v) is 5.53. The summed E-state index contributed by atoms with van der Waals surface area (Å²) < 4.78 is 7.46. The third-order valence-corrected chi connectivity index (χ3v) is 7.26. The Hall–Kier alpha value is -2.30. The molecule has 10 heteroatoms. The van der Waals surface area contributed by atoms with Gasteiger partial charge in [-0.2, -0.15) is 5.10 Å². The zero-order chi connectivity index (χ0) is 24.5. The SMILES string of the molecule is Cc1nc(N2CCO[C@@H](CO)C2)cc(-n2ncc3cc(Cl)c(C4CCN(CC(C)O)CC4)cc32)n1. The number of piperidine rings is 1. The first kappa shape index (κ1) is 24.4. The van der Waals surface area contributed by atoms with Gasteiger partial charge in [0.1, 0.15) is 11.6 Å². The van der Waals surface area contributed by atoms with Crippen molar-refractivity contribution in [1.29, 1.82) is 0 Å². The zero-order valence-electron chi connectivity index (χ0n) is 20.3. The maximum atomic E-state index is 9.71. The third kappa shape index (κ3) is 5.29. The summed E-state index contributed by atoms with van der Waals surface area (Å²) in [6, 6.07) is 6.11. The summed E-state index contributed by atoms with van der Waals surface area (Å²) in [5, 5.41) is 25.6. The van der Waals surface area contributed by atoms with Crippen LogP contribution in [0.4, 0.5) is 5.82 Å². The summed E-state index contributed by atoms with van der Waals surface area (Å²) in [5.41, 5.74) is 2.11. The van der Waals surface area contributed by atoms with Gasteiger partial charge in [0.05, 0.1) is 37.1 Å².